The minimum Gasteiger partial charge on any atom is -0.461 e. The van der Waals surface area contributed by atoms with Gasteiger partial charge in [0.15, 0.2) is 0 Å². The summed E-state index contributed by atoms with van der Waals surface area (Å²) in [4.78, 5) is 25.7. The summed E-state index contributed by atoms with van der Waals surface area (Å²) in [6.07, 6.45) is 13.0. The van der Waals surface area contributed by atoms with Crippen LogP contribution in [0, 0.1) is 0 Å². The highest BCUT2D eigenvalue weighted by Crippen LogP contribution is 2.40. The summed E-state index contributed by atoms with van der Waals surface area (Å²) in [6, 6.07) is 14.0. The molecular weight excluding hydrogens is 534 g/mol. The summed E-state index contributed by atoms with van der Waals surface area (Å²) in [5, 5.41) is 2.69. The van der Waals surface area contributed by atoms with Crippen LogP contribution in [-0.4, -0.2) is 69.7 Å². The molecular formula is C35H43N7O. The van der Waals surface area contributed by atoms with Gasteiger partial charge in [-0.2, -0.15) is 9.97 Å². The molecule has 43 heavy (non-hydrogen) atoms. The third-order valence-electron chi connectivity index (χ3n) is 10.7. The van der Waals surface area contributed by atoms with E-state index in [0.717, 1.165) is 57.0 Å². The van der Waals surface area contributed by atoms with Crippen LogP contribution in [0.15, 0.2) is 48.9 Å². The second kappa shape index (κ2) is 11.1. The highest BCUT2D eigenvalue weighted by molar-refractivity contribution is 5.97. The van der Waals surface area contributed by atoms with Crippen LogP contribution in [0.3, 0.4) is 0 Å². The number of aromatic nitrogens is 4. The molecule has 0 amide bonds. The van der Waals surface area contributed by atoms with Gasteiger partial charge in [-0.3, -0.25) is 4.90 Å². The normalized spacial score (nSPS) is 21.7. The van der Waals surface area contributed by atoms with Crippen LogP contribution in [0.2, 0.25) is 0 Å². The Bertz CT molecular complexity index is 1590. The summed E-state index contributed by atoms with van der Waals surface area (Å²) < 4.78 is 6.61. The van der Waals surface area contributed by atoms with E-state index in [1.807, 2.05) is 6.20 Å². The predicted octanol–water partition coefficient (Wildman–Crippen LogP) is 5.87. The van der Waals surface area contributed by atoms with E-state index in [0.29, 0.717) is 18.5 Å². The average molecular weight is 578 g/mol. The van der Waals surface area contributed by atoms with E-state index in [4.69, 9.17) is 14.7 Å². The van der Waals surface area contributed by atoms with E-state index in [1.165, 1.54) is 78.5 Å². The third kappa shape index (κ3) is 4.84. The van der Waals surface area contributed by atoms with Crippen molar-refractivity contribution in [1.82, 2.24) is 24.8 Å². The first-order chi connectivity index (χ1) is 21.2. The number of aryl methyl sites for hydroxylation is 1. The van der Waals surface area contributed by atoms with Crippen molar-refractivity contribution >= 4 is 22.3 Å². The van der Waals surface area contributed by atoms with Gasteiger partial charge in [-0.1, -0.05) is 37.3 Å². The molecule has 2 aromatic carbocycles. The summed E-state index contributed by atoms with van der Waals surface area (Å²) in [7, 11) is 0. The molecule has 8 nitrogen and oxygen atoms in total. The molecule has 4 aliphatic heterocycles. The molecule has 6 heterocycles. The Morgan fingerprint density at radius 2 is 1.84 bits per heavy atom. The Labute approximate surface area is 254 Å². The molecule has 0 saturated carbocycles. The van der Waals surface area contributed by atoms with Crippen LogP contribution >= 0.6 is 0 Å². The molecule has 3 fully saturated rings. The Hall–Kier alpha value is -3.65. The number of hydrogen-bond acceptors (Lipinski definition) is 7. The number of rotatable bonds is 7. The van der Waals surface area contributed by atoms with Gasteiger partial charge >= 0.3 is 6.01 Å². The maximum atomic E-state index is 6.61. The molecule has 224 valence electrons. The molecule has 0 bridgehead atoms. The average Bonchev–Trinajstić information content (AvgIpc) is 3.81. The molecule has 0 aliphatic carbocycles. The number of ether oxygens (including phenoxy) is 1. The number of nitrogens with one attached hydrogen (secondary N) is 1. The van der Waals surface area contributed by atoms with E-state index in [9.17, 15) is 0 Å². The van der Waals surface area contributed by atoms with Gasteiger partial charge in [-0.25, -0.2) is 4.98 Å². The predicted molar refractivity (Wildman–Crippen MR) is 171 cm³/mol. The van der Waals surface area contributed by atoms with Crippen molar-refractivity contribution in [2.45, 2.75) is 76.3 Å². The number of imidazole rings is 1. The molecule has 1 atom stereocenters. The standard InChI is InChI=1S/C35H43N7O/c1-2-25-8-3-9-26-10-4-12-31(32(25)26)40-19-13-28-30(22-40)38-34(43-23-35-14-6-17-42(35)18-7-15-35)39-33(28)41-16-5-11-27(21-41)29-20-36-24-37-29/h3-4,8-10,12,20,24,27H,2,5-7,11,13-19,21-23H2,1H3,(H,36,37). The lowest BCUT2D eigenvalue weighted by atomic mass is 9.94. The number of hydrogen-bond donors (Lipinski definition) is 1. The molecule has 1 N–H and O–H groups in total. The summed E-state index contributed by atoms with van der Waals surface area (Å²) >= 11 is 0. The van der Waals surface area contributed by atoms with Crippen LogP contribution in [0.5, 0.6) is 6.01 Å². The number of H-pyrrole nitrogens is 1. The fraction of sp³-hybridized carbons (Fsp3) is 0.514. The van der Waals surface area contributed by atoms with Gasteiger partial charge in [0.25, 0.3) is 0 Å². The number of nitrogens with zero attached hydrogens (tertiary/aromatic N) is 6. The summed E-state index contributed by atoms with van der Waals surface area (Å²) in [5.74, 6) is 1.52. The third-order valence-corrected chi connectivity index (χ3v) is 10.7. The van der Waals surface area contributed by atoms with E-state index >= 15 is 0 Å². The second-order valence-electron chi connectivity index (χ2n) is 13.1. The molecule has 4 aromatic rings. The van der Waals surface area contributed by atoms with Crippen molar-refractivity contribution in [2.24, 2.45) is 0 Å². The monoisotopic (exact) mass is 577 g/mol. The fourth-order valence-corrected chi connectivity index (χ4v) is 8.45. The topological polar surface area (TPSA) is 73.4 Å². The quantitative estimate of drug-likeness (QED) is 0.295. The molecule has 8 heteroatoms. The second-order valence-corrected chi connectivity index (χ2v) is 13.1. The summed E-state index contributed by atoms with van der Waals surface area (Å²) in [5.41, 5.74) is 6.52. The van der Waals surface area contributed by atoms with Crippen molar-refractivity contribution in [1.29, 1.82) is 0 Å². The highest BCUT2D eigenvalue weighted by atomic mass is 16.5. The zero-order valence-electron chi connectivity index (χ0n) is 25.4. The zero-order chi connectivity index (χ0) is 28.8. The summed E-state index contributed by atoms with van der Waals surface area (Å²) in [6.45, 7) is 9.02. The van der Waals surface area contributed by atoms with Gasteiger partial charge in [0, 0.05) is 54.1 Å². The first-order valence-electron chi connectivity index (χ1n) is 16.5. The van der Waals surface area contributed by atoms with Gasteiger partial charge in [0.05, 0.1) is 24.1 Å². The molecule has 0 radical (unpaired) electrons. The van der Waals surface area contributed by atoms with E-state index in [-0.39, 0.29) is 5.54 Å². The highest BCUT2D eigenvalue weighted by Gasteiger charge is 2.45. The van der Waals surface area contributed by atoms with Gasteiger partial charge < -0.3 is 19.5 Å². The largest absolute Gasteiger partial charge is 0.461 e. The van der Waals surface area contributed by atoms with Crippen LogP contribution in [0.1, 0.15) is 73.9 Å². The van der Waals surface area contributed by atoms with Gasteiger partial charge in [-0.15, -0.1) is 0 Å². The fourth-order valence-electron chi connectivity index (χ4n) is 8.45. The van der Waals surface area contributed by atoms with Crippen LogP contribution in [-0.2, 0) is 19.4 Å². The van der Waals surface area contributed by atoms with Gasteiger partial charge in [0.2, 0.25) is 0 Å². The number of aromatic amines is 1. The number of piperidine rings is 1. The number of anilines is 2. The van der Waals surface area contributed by atoms with Crippen LogP contribution < -0.4 is 14.5 Å². The Morgan fingerprint density at radius 3 is 2.65 bits per heavy atom. The Balaban J connectivity index is 1.14. The lowest BCUT2D eigenvalue weighted by Crippen LogP contribution is -2.43. The number of fused-ring (bicyclic) bond motifs is 3. The van der Waals surface area contributed by atoms with E-state index in [1.54, 1.807) is 6.33 Å². The first kappa shape index (κ1) is 26.9. The minimum absolute atomic E-state index is 0.168. The Morgan fingerprint density at radius 1 is 0.977 bits per heavy atom. The van der Waals surface area contributed by atoms with E-state index in [2.05, 4.69) is 68.0 Å². The maximum absolute atomic E-state index is 6.61. The van der Waals surface area contributed by atoms with Crippen molar-refractivity contribution in [3.05, 3.63) is 71.4 Å². The molecule has 8 rings (SSSR count). The lowest BCUT2D eigenvalue weighted by Gasteiger charge is -2.37. The molecule has 2 aromatic heterocycles. The molecule has 1 unspecified atom stereocenters. The van der Waals surface area contributed by atoms with Gasteiger partial charge in [-0.05, 0) is 81.5 Å². The van der Waals surface area contributed by atoms with Crippen molar-refractivity contribution in [3.8, 4) is 6.01 Å². The van der Waals surface area contributed by atoms with Crippen molar-refractivity contribution in [3.63, 3.8) is 0 Å². The minimum atomic E-state index is 0.168. The Kier molecular flexibility index (Phi) is 6.97. The van der Waals surface area contributed by atoms with Crippen molar-refractivity contribution < 1.29 is 4.74 Å². The molecule has 3 saturated heterocycles. The molecule has 4 aliphatic rings. The van der Waals surface area contributed by atoms with Gasteiger partial charge in [0.1, 0.15) is 12.4 Å². The SMILES string of the molecule is CCc1cccc2cccc(N3CCc4c(nc(OCC56CCCN5CCC6)nc4N4CCCC(c5cnc[nH]5)C4)C3)c12. The lowest BCUT2D eigenvalue weighted by molar-refractivity contribution is 0.107. The van der Waals surface area contributed by atoms with Crippen LogP contribution in [0.4, 0.5) is 11.5 Å². The maximum Gasteiger partial charge on any atom is 0.318 e. The number of benzene rings is 2. The first-order valence-corrected chi connectivity index (χ1v) is 16.5. The van der Waals surface area contributed by atoms with Crippen LogP contribution in [0.25, 0.3) is 10.8 Å². The smallest absolute Gasteiger partial charge is 0.318 e. The van der Waals surface area contributed by atoms with E-state index < -0.39 is 0 Å². The zero-order valence-corrected chi connectivity index (χ0v) is 25.4. The molecule has 0 spiro atoms. The van der Waals surface area contributed by atoms with Crippen molar-refractivity contribution in [2.75, 3.05) is 49.1 Å².